The van der Waals surface area contributed by atoms with Crippen LogP contribution in [-0.4, -0.2) is 40.2 Å². The van der Waals surface area contributed by atoms with Crippen molar-refractivity contribution in [3.63, 3.8) is 0 Å². The van der Waals surface area contributed by atoms with E-state index < -0.39 is 18.2 Å². The predicted molar refractivity (Wildman–Crippen MR) is 83.5 cm³/mol. The minimum absolute atomic E-state index is 0.295. The van der Waals surface area contributed by atoms with Gasteiger partial charge in [-0.3, -0.25) is 0 Å². The van der Waals surface area contributed by atoms with Crippen molar-refractivity contribution in [3.8, 4) is 0 Å². The van der Waals surface area contributed by atoms with Gasteiger partial charge < -0.3 is 21.1 Å². The Hall–Kier alpha value is -0.160. The minimum Gasteiger partial charge on any atom is -0.395 e. The predicted octanol–water partition coefficient (Wildman–Crippen LogP) is 2.34. The van der Waals surface area contributed by atoms with Gasteiger partial charge in [0.15, 0.2) is 0 Å². The Labute approximate surface area is 124 Å². The largest absolute Gasteiger partial charge is 0.395 e. The molecule has 0 aliphatic heterocycles. The van der Waals surface area contributed by atoms with Crippen molar-refractivity contribution >= 4 is 0 Å². The maximum Gasteiger partial charge on any atom is 0.0971 e. The number of rotatable bonds is 14. The highest BCUT2D eigenvalue weighted by atomic mass is 16.3. The number of unbranched alkanes of at least 4 members (excludes halogenated alkanes) is 9. The van der Waals surface area contributed by atoms with E-state index in [1.807, 2.05) is 0 Å². The van der Waals surface area contributed by atoms with Gasteiger partial charge in [0.05, 0.1) is 24.9 Å². The number of aliphatic hydroxyl groups is 3. The molecular formula is C16H35NO3. The topological polar surface area (TPSA) is 86.7 Å². The standard InChI is InChI=1S/C16H35NO3/c1-2-3-4-5-6-7-8-9-10-11-12-15(19)16(20)14(17)13-18/h14-16,18-20H,2-13,17H2,1H3/t14-,15+,16+/m0/s1. The fraction of sp³-hybridized carbons (Fsp3) is 1.00. The van der Waals surface area contributed by atoms with E-state index in [0.717, 1.165) is 12.8 Å². The molecule has 0 aliphatic rings. The molecular weight excluding hydrogens is 254 g/mol. The first-order valence-corrected chi connectivity index (χ1v) is 8.36. The van der Waals surface area contributed by atoms with Gasteiger partial charge in [-0.1, -0.05) is 71.1 Å². The lowest BCUT2D eigenvalue weighted by molar-refractivity contribution is -0.0121. The monoisotopic (exact) mass is 289 g/mol. The maximum absolute atomic E-state index is 9.70. The molecule has 0 fully saturated rings. The number of hydrogen-bond acceptors (Lipinski definition) is 4. The van der Waals surface area contributed by atoms with Gasteiger partial charge in [0.1, 0.15) is 0 Å². The molecule has 0 radical (unpaired) electrons. The molecule has 0 aliphatic carbocycles. The van der Waals surface area contributed by atoms with Crippen LogP contribution in [0.3, 0.4) is 0 Å². The molecule has 0 bridgehead atoms. The summed E-state index contributed by atoms with van der Waals surface area (Å²) in [6.07, 6.45) is 11.2. The molecule has 0 saturated carbocycles. The Morgan fingerprint density at radius 3 is 1.70 bits per heavy atom. The summed E-state index contributed by atoms with van der Waals surface area (Å²) in [5.41, 5.74) is 5.48. The normalized spacial score (nSPS) is 16.1. The molecule has 0 aromatic rings. The van der Waals surface area contributed by atoms with Crippen molar-refractivity contribution in [2.75, 3.05) is 6.61 Å². The molecule has 0 heterocycles. The van der Waals surface area contributed by atoms with E-state index in [9.17, 15) is 10.2 Å². The molecule has 0 unspecified atom stereocenters. The molecule has 0 spiro atoms. The molecule has 4 heteroatoms. The third-order valence-electron chi connectivity index (χ3n) is 3.90. The van der Waals surface area contributed by atoms with Crippen molar-refractivity contribution in [2.24, 2.45) is 5.73 Å². The van der Waals surface area contributed by atoms with Crippen molar-refractivity contribution in [3.05, 3.63) is 0 Å². The highest BCUT2D eigenvalue weighted by molar-refractivity contribution is 4.77. The first kappa shape index (κ1) is 19.8. The van der Waals surface area contributed by atoms with Gasteiger partial charge in [0.25, 0.3) is 0 Å². The van der Waals surface area contributed by atoms with Crippen molar-refractivity contribution < 1.29 is 15.3 Å². The highest BCUT2D eigenvalue weighted by Crippen LogP contribution is 2.13. The van der Waals surface area contributed by atoms with Crippen molar-refractivity contribution in [1.29, 1.82) is 0 Å². The fourth-order valence-corrected chi connectivity index (χ4v) is 2.41. The van der Waals surface area contributed by atoms with E-state index in [-0.39, 0.29) is 6.61 Å². The first-order valence-electron chi connectivity index (χ1n) is 8.36. The zero-order chi connectivity index (χ0) is 15.2. The molecule has 4 nitrogen and oxygen atoms in total. The first-order chi connectivity index (χ1) is 9.63. The summed E-state index contributed by atoms with van der Waals surface area (Å²) in [5, 5.41) is 28.1. The van der Waals surface area contributed by atoms with E-state index in [0.29, 0.717) is 6.42 Å². The quantitative estimate of drug-likeness (QED) is 0.370. The lowest BCUT2D eigenvalue weighted by Gasteiger charge is -2.22. The Bertz CT molecular complexity index is 202. The van der Waals surface area contributed by atoms with Gasteiger partial charge in [-0.05, 0) is 6.42 Å². The summed E-state index contributed by atoms with van der Waals surface area (Å²) in [6, 6.07) is -0.742. The Morgan fingerprint density at radius 1 is 0.800 bits per heavy atom. The smallest absolute Gasteiger partial charge is 0.0971 e. The summed E-state index contributed by atoms with van der Waals surface area (Å²) >= 11 is 0. The summed E-state index contributed by atoms with van der Waals surface area (Å²) in [7, 11) is 0. The third-order valence-corrected chi connectivity index (χ3v) is 3.90. The molecule has 3 atom stereocenters. The van der Waals surface area contributed by atoms with Crippen LogP contribution in [0.15, 0.2) is 0 Å². The van der Waals surface area contributed by atoms with Crippen LogP contribution in [0.5, 0.6) is 0 Å². The summed E-state index contributed by atoms with van der Waals surface area (Å²) in [5.74, 6) is 0. The lowest BCUT2D eigenvalue weighted by atomic mass is 10.00. The van der Waals surface area contributed by atoms with Crippen LogP contribution in [-0.2, 0) is 0 Å². The van der Waals surface area contributed by atoms with Crippen LogP contribution in [0.25, 0.3) is 0 Å². The van der Waals surface area contributed by atoms with Gasteiger partial charge in [-0.2, -0.15) is 0 Å². The van der Waals surface area contributed by atoms with Gasteiger partial charge in [-0.25, -0.2) is 0 Å². The molecule has 20 heavy (non-hydrogen) atoms. The second kappa shape index (κ2) is 13.8. The van der Waals surface area contributed by atoms with Crippen LogP contribution in [0, 0.1) is 0 Å². The van der Waals surface area contributed by atoms with E-state index >= 15 is 0 Å². The molecule has 0 rings (SSSR count). The van der Waals surface area contributed by atoms with E-state index in [2.05, 4.69) is 6.92 Å². The Morgan fingerprint density at radius 2 is 1.25 bits per heavy atom. The van der Waals surface area contributed by atoms with E-state index in [1.54, 1.807) is 0 Å². The van der Waals surface area contributed by atoms with Crippen LogP contribution >= 0.6 is 0 Å². The maximum atomic E-state index is 9.70. The number of aliphatic hydroxyl groups excluding tert-OH is 3. The van der Waals surface area contributed by atoms with Gasteiger partial charge in [0, 0.05) is 0 Å². The summed E-state index contributed by atoms with van der Waals surface area (Å²) in [4.78, 5) is 0. The lowest BCUT2D eigenvalue weighted by Crippen LogP contribution is -2.45. The van der Waals surface area contributed by atoms with Gasteiger partial charge >= 0.3 is 0 Å². The number of hydrogen-bond donors (Lipinski definition) is 4. The highest BCUT2D eigenvalue weighted by Gasteiger charge is 2.21. The van der Waals surface area contributed by atoms with Gasteiger partial charge in [-0.15, -0.1) is 0 Å². The summed E-state index contributed by atoms with van der Waals surface area (Å²) in [6.45, 7) is 1.94. The zero-order valence-electron chi connectivity index (χ0n) is 13.1. The Balaban J connectivity index is 3.31. The van der Waals surface area contributed by atoms with E-state index in [1.165, 1.54) is 51.4 Å². The molecule has 0 aromatic carbocycles. The second-order valence-electron chi connectivity index (χ2n) is 5.88. The average molecular weight is 289 g/mol. The third kappa shape index (κ3) is 10.6. The SMILES string of the molecule is CCCCCCCCCCCC[C@@H](O)[C@H](O)[C@@H](N)CO. The van der Waals surface area contributed by atoms with E-state index in [4.69, 9.17) is 10.8 Å². The van der Waals surface area contributed by atoms with Crippen LogP contribution in [0.2, 0.25) is 0 Å². The van der Waals surface area contributed by atoms with Crippen LogP contribution < -0.4 is 5.73 Å². The molecule has 0 amide bonds. The van der Waals surface area contributed by atoms with Gasteiger partial charge in [0.2, 0.25) is 0 Å². The van der Waals surface area contributed by atoms with Crippen LogP contribution in [0.1, 0.15) is 77.6 Å². The summed E-state index contributed by atoms with van der Waals surface area (Å²) < 4.78 is 0. The molecule has 0 saturated heterocycles. The molecule has 5 N–H and O–H groups in total. The van der Waals surface area contributed by atoms with Crippen molar-refractivity contribution in [1.82, 2.24) is 0 Å². The minimum atomic E-state index is -1.02. The average Bonchev–Trinajstić information content (AvgIpc) is 2.47. The number of nitrogens with two attached hydrogens (primary N) is 1. The molecule has 0 aromatic heterocycles. The zero-order valence-corrected chi connectivity index (χ0v) is 13.1. The Kier molecular flexibility index (Phi) is 13.7. The molecule has 122 valence electrons. The second-order valence-corrected chi connectivity index (χ2v) is 5.88. The fourth-order valence-electron chi connectivity index (χ4n) is 2.41. The van der Waals surface area contributed by atoms with Crippen LogP contribution in [0.4, 0.5) is 0 Å². The van der Waals surface area contributed by atoms with Crippen molar-refractivity contribution in [2.45, 2.75) is 95.8 Å².